The van der Waals surface area contributed by atoms with Gasteiger partial charge in [-0.2, -0.15) is 0 Å². The minimum absolute atomic E-state index is 0.253. The van der Waals surface area contributed by atoms with Crippen LogP contribution in [0, 0.1) is 23.1 Å². The first kappa shape index (κ1) is 24.8. The predicted octanol–water partition coefficient (Wildman–Crippen LogP) is 3.67. The van der Waals surface area contributed by atoms with Gasteiger partial charge in [0, 0.05) is 49.7 Å². The maximum atomic E-state index is 14.3. The van der Waals surface area contributed by atoms with Gasteiger partial charge in [-0.3, -0.25) is 4.90 Å². The highest BCUT2D eigenvalue weighted by atomic mass is 19.1. The molecule has 0 unspecified atom stereocenters. The molecule has 2 saturated carbocycles. The fourth-order valence-corrected chi connectivity index (χ4v) is 7.12. The summed E-state index contributed by atoms with van der Waals surface area (Å²) in [7, 11) is 0. The quantitative estimate of drug-likeness (QED) is 0.464. The molecule has 0 radical (unpaired) electrons. The smallest absolute Gasteiger partial charge is 0.282 e. The van der Waals surface area contributed by atoms with Crippen molar-refractivity contribution in [1.82, 2.24) is 34.8 Å². The van der Waals surface area contributed by atoms with Gasteiger partial charge in [-0.1, -0.05) is 13.8 Å². The van der Waals surface area contributed by atoms with Gasteiger partial charge in [-0.15, -0.1) is 20.4 Å². The topological polar surface area (TPSA) is 111 Å². The zero-order valence-electron chi connectivity index (χ0n) is 22.6. The minimum Gasteiger partial charge on any atom is -0.434 e. The molecular formula is C28H36FN9O. The second kappa shape index (κ2) is 9.48. The van der Waals surface area contributed by atoms with E-state index in [-0.39, 0.29) is 11.2 Å². The standard InChI is InChI=1S/C28H36FN9O/c1-17(2)24(18-9-20(30)10-18)37-13-28(14-37)7-8-36(12-28)26-27(35-32-15-31-26)39-23-6-3-19(29)11-22(23)25-34-33-16-38(25)21-4-5-21/h3,6,11,15-18,20-21,24H,4-5,7-10,12-14,30H2,1-2H3/t18?,20?,24-/m1/s1. The summed E-state index contributed by atoms with van der Waals surface area (Å²) in [6.07, 6.45) is 8.69. The van der Waals surface area contributed by atoms with Crippen LogP contribution in [0.5, 0.6) is 11.6 Å². The Labute approximate surface area is 227 Å². The van der Waals surface area contributed by atoms with Crippen LogP contribution in [-0.4, -0.2) is 73.1 Å². The van der Waals surface area contributed by atoms with Crippen LogP contribution in [0.15, 0.2) is 30.9 Å². The number of aromatic nitrogens is 6. The number of anilines is 1. The van der Waals surface area contributed by atoms with Crippen LogP contribution in [0.3, 0.4) is 0 Å². The Morgan fingerprint density at radius 2 is 1.92 bits per heavy atom. The zero-order chi connectivity index (χ0) is 26.7. The number of nitrogens with two attached hydrogens (primary N) is 1. The Bertz CT molecular complexity index is 1350. The van der Waals surface area contributed by atoms with Crippen LogP contribution < -0.4 is 15.4 Å². The van der Waals surface area contributed by atoms with Crippen LogP contribution in [-0.2, 0) is 0 Å². The lowest BCUT2D eigenvalue weighted by molar-refractivity contribution is -0.0667. The third kappa shape index (κ3) is 4.55. The summed E-state index contributed by atoms with van der Waals surface area (Å²) in [5.41, 5.74) is 6.91. The van der Waals surface area contributed by atoms with Crippen molar-refractivity contribution in [1.29, 1.82) is 0 Å². The molecule has 39 heavy (non-hydrogen) atoms. The predicted molar refractivity (Wildman–Crippen MR) is 144 cm³/mol. The number of hydrogen-bond donors (Lipinski definition) is 1. The van der Waals surface area contributed by atoms with Crippen molar-refractivity contribution in [3.8, 4) is 23.0 Å². The van der Waals surface area contributed by atoms with Crippen LogP contribution in [0.2, 0.25) is 0 Å². The number of rotatable bonds is 8. The molecular weight excluding hydrogens is 497 g/mol. The van der Waals surface area contributed by atoms with E-state index in [4.69, 9.17) is 10.5 Å². The lowest BCUT2D eigenvalue weighted by atomic mass is 9.68. The van der Waals surface area contributed by atoms with Crippen LogP contribution in [0.25, 0.3) is 11.4 Å². The normalized spacial score (nSPS) is 25.1. The fraction of sp³-hybridized carbons (Fsp3) is 0.607. The molecule has 0 bridgehead atoms. The first-order chi connectivity index (χ1) is 18.9. The van der Waals surface area contributed by atoms with Crippen LogP contribution in [0.1, 0.15) is 52.0 Å². The lowest BCUT2D eigenvalue weighted by Crippen LogP contribution is -2.65. The van der Waals surface area contributed by atoms with Gasteiger partial charge in [0.1, 0.15) is 24.2 Å². The Hall–Kier alpha value is -3.18. The number of ether oxygens (including phenoxy) is 1. The first-order valence-corrected chi connectivity index (χ1v) is 14.2. The number of benzene rings is 1. The number of likely N-dealkylation sites (tertiary alicyclic amines) is 1. The van der Waals surface area contributed by atoms with Gasteiger partial charge in [0.05, 0.1) is 5.56 Å². The highest BCUT2D eigenvalue weighted by Gasteiger charge is 2.52. The fourth-order valence-electron chi connectivity index (χ4n) is 7.12. The van der Waals surface area contributed by atoms with Gasteiger partial charge in [0.15, 0.2) is 11.6 Å². The lowest BCUT2D eigenvalue weighted by Gasteiger charge is -2.56. The summed E-state index contributed by atoms with van der Waals surface area (Å²) in [5.74, 6) is 3.02. The molecule has 2 aromatic heterocycles. The Morgan fingerprint density at radius 1 is 1.10 bits per heavy atom. The van der Waals surface area contributed by atoms with Gasteiger partial charge >= 0.3 is 0 Å². The summed E-state index contributed by atoms with van der Waals surface area (Å²) in [6.45, 7) is 8.67. The van der Waals surface area contributed by atoms with Crippen molar-refractivity contribution in [2.45, 2.75) is 64.1 Å². The largest absolute Gasteiger partial charge is 0.434 e. The van der Waals surface area contributed by atoms with E-state index in [0.717, 1.165) is 64.2 Å². The molecule has 2 N–H and O–H groups in total. The van der Waals surface area contributed by atoms with Gasteiger partial charge in [-0.25, -0.2) is 9.37 Å². The molecule has 1 aromatic carbocycles. The van der Waals surface area contributed by atoms with Crippen molar-refractivity contribution < 1.29 is 9.13 Å². The molecule has 2 saturated heterocycles. The average molecular weight is 534 g/mol. The molecule has 4 fully saturated rings. The molecule has 206 valence electrons. The average Bonchev–Trinajstić information content (AvgIpc) is 3.43. The molecule has 2 aliphatic heterocycles. The maximum absolute atomic E-state index is 14.3. The highest BCUT2D eigenvalue weighted by molar-refractivity contribution is 5.66. The van der Waals surface area contributed by atoms with Gasteiger partial charge in [0.25, 0.3) is 5.88 Å². The summed E-state index contributed by atoms with van der Waals surface area (Å²) >= 11 is 0. The number of halogens is 1. The van der Waals surface area contributed by atoms with Crippen molar-refractivity contribution in [3.63, 3.8) is 0 Å². The third-order valence-corrected chi connectivity index (χ3v) is 9.09. The third-order valence-electron chi connectivity index (χ3n) is 9.09. The molecule has 2 aliphatic carbocycles. The molecule has 0 amide bonds. The van der Waals surface area contributed by atoms with E-state index in [0.29, 0.717) is 52.9 Å². The Morgan fingerprint density at radius 3 is 2.67 bits per heavy atom. The molecule has 1 spiro atoms. The molecule has 4 aliphatic rings. The summed E-state index contributed by atoms with van der Waals surface area (Å²) in [4.78, 5) is 9.53. The molecule has 11 heteroatoms. The van der Waals surface area contributed by atoms with E-state index in [1.54, 1.807) is 12.4 Å². The molecule has 4 heterocycles. The van der Waals surface area contributed by atoms with Gasteiger partial charge in [-0.05, 0) is 62.1 Å². The van der Waals surface area contributed by atoms with E-state index in [2.05, 4.69) is 49.0 Å². The van der Waals surface area contributed by atoms with E-state index >= 15 is 0 Å². The second-order valence-corrected chi connectivity index (χ2v) is 12.4. The Kier molecular flexibility index (Phi) is 6.04. The highest BCUT2D eigenvalue weighted by Crippen LogP contribution is 2.47. The van der Waals surface area contributed by atoms with Crippen molar-refractivity contribution in [3.05, 3.63) is 36.7 Å². The summed E-state index contributed by atoms with van der Waals surface area (Å²) in [5, 5.41) is 16.7. The van der Waals surface area contributed by atoms with E-state index < -0.39 is 0 Å². The molecule has 1 atom stereocenters. The Balaban J connectivity index is 1.09. The van der Waals surface area contributed by atoms with Gasteiger partial charge < -0.3 is 19.9 Å². The van der Waals surface area contributed by atoms with Crippen LogP contribution >= 0.6 is 0 Å². The zero-order valence-corrected chi connectivity index (χ0v) is 22.6. The van der Waals surface area contributed by atoms with E-state index in [1.807, 2.05) is 4.57 Å². The van der Waals surface area contributed by atoms with E-state index in [9.17, 15) is 4.39 Å². The van der Waals surface area contributed by atoms with Crippen molar-refractivity contribution >= 4 is 5.82 Å². The molecule has 10 nitrogen and oxygen atoms in total. The van der Waals surface area contributed by atoms with Gasteiger partial charge in [0.2, 0.25) is 0 Å². The van der Waals surface area contributed by atoms with Crippen molar-refractivity contribution in [2.24, 2.45) is 23.0 Å². The second-order valence-electron chi connectivity index (χ2n) is 12.4. The van der Waals surface area contributed by atoms with E-state index in [1.165, 1.54) is 18.5 Å². The molecule has 3 aromatic rings. The monoisotopic (exact) mass is 533 g/mol. The van der Waals surface area contributed by atoms with Crippen LogP contribution in [0.4, 0.5) is 10.2 Å². The number of hydrogen-bond acceptors (Lipinski definition) is 9. The minimum atomic E-state index is -0.361. The SMILES string of the molecule is CC(C)[C@H](C1CC(N)C1)N1CC2(CCN(c3ncnnc3Oc3ccc(F)cc3-c3nncn3C3CC3)C2)C1. The van der Waals surface area contributed by atoms with Crippen molar-refractivity contribution in [2.75, 3.05) is 31.1 Å². The first-order valence-electron chi connectivity index (χ1n) is 14.2. The summed E-state index contributed by atoms with van der Waals surface area (Å²) < 4.78 is 22.6. The number of nitrogens with zero attached hydrogens (tertiary/aromatic N) is 8. The summed E-state index contributed by atoms with van der Waals surface area (Å²) in [6, 6.07) is 5.77. The maximum Gasteiger partial charge on any atom is 0.282 e. The molecule has 7 rings (SSSR count).